The van der Waals surface area contributed by atoms with Gasteiger partial charge in [0.05, 0.1) is 4.90 Å². The van der Waals surface area contributed by atoms with E-state index in [0.29, 0.717) is 15.9 Å². The summed E-state index contributed by atoms with van der Waals surface area (Å²) in [6.45, 7) is 6.40. The van der Waals surface area contributed by atoms with Crippen molar-refractivity contribution in [3.05, 3.63) is 26.6 Å². The Balaban J connectivity index is 3.24. The molecule has 0 aliphatic heterocycles. The summed E-state index contributed by atoms with van der Waals surface area (Å²) in [5, 5.41) is 0. The molecule has 102 valence electrons. The first-order chi connectivity index (χ1) is 8.16. The second-order valence-electron chi connectivity index (χ2n) is 4.71. The molecule has 0 amide bonds. The molecule has 3 nitrogen and oxygen atoms in total. The number of halogens is 2. The van der Waals surface area contributed by atoms with E-state index in [9.17, 15) is 8.42 Å². The standard InChI is InChI=1S/C12H17Br2NO2S/c1-8(2)7-15(4)18(16,17)12-6-10(13)9(3)5-11(12)14/h5-6,8H,7H2,1-4H3. The monoisotopic (exact) mass is 397 g/mol. The second-order valence-corrected chi connectivity index (χ2v) is 8.43. The van der Waals surface area contributed by atoms with Gasteiger partial charge in [-0.15, -0.1) is 0 Å². The summed E-state index contributed by atoms with van der Waals surface area (Å²) in [7, 11) is -1.84. The average Bonchev–Trinajstić information content (AvgIpc) is 2.22. The Morgan fingerprint density at radius 2 is 1.78 bits per heavy atom. The van der Waals surface area contributed by atoms with Crippen molar-refractivity contribution in [3.63, 3.8) is 0 Å². The Morgan fingerprint density at radius 3 is 2.28 bits per heavy atom. The normalized spacial score (nSPS) is 12.4. The number of hydrogen-bond acceptors (Lipinski definition) is 2. The average molecular weight is 399 g/mol. The number of sulfonamides is 1. The molecule has 6 heteroatoms. The summed E-state index contributed by atoms with van der Waals surface area (Å²) >= 11 is 6.69. The van der Waals surface area contributed by atoms with Crippen molar-refractivity contribution in [2.75, 3.05) is 13.6 Å². The van der Waals surface area contributed by atoms with Gasteiger partial charge in [0.15, 0.2) is 0 Å². The lowest BCUT2D eigenvalue weighted by Gasteiger charge is -2.20. The Bertz CT molecular complexity index is 541. The van der Waals surface area contributed by atoms with Gasteiger partial charge in [-0.25, -0.2) is 12.7 Å². The van der Waals surface area contributed by atoms with Crippen molar-refractivity contribution in [1.82, 2.24) is 4.31 Å². The van der Waals surface area contributed by atoms with E-state index in [1.807, 2.05) is 20.8 Å². The molecule has 0 spiro atoms. The number of nitrogens with zero attached hydrogens (tertiary/aromatic N) is 1. The molecule has 0 saturated heterocycles. The van der Waals surface area contributed by atoms with Crippen molar-refractivity contribution in [1.29, 1.82) is 0 Å². The molecule has 0 bridgehead atoms. The smallest absolute Gasteiger partial charge is 0.207 e. The Labute approximate surface area is 126 Å². The number of hydrogen-bond donors (Lipinski definition) is 0. The van der Waals surface area contributed by atoms with E-state index in [1.54, 1.807) is 19.2 Å². The molecule has 0 N–H and O–H groups in total. The van der Waals surface area contributed by atoms with Crippen molar-refractivity contribution < 1.29 is 8.42 Å². The van der Waals surface area contributed by atoms with Crippen LogP contribution in [0.2, 0.25) is 0 Å². The highest BCUT2D eigenvalue weighted by atomic mass is 79.9. The topological polar surface area (TPSA) is 37.4 Å². The maximum atomic E-state index is 12.4. The molecular formula is C12H17Br2NO2S. The molecule has 0 saturated carbocycles. The minimum Gasteiger partial charge on any atom is -0.207 e. The zero-order valence-electron chi connectivity index (χ0n) is 10.9. The highest BCUT2D eigenvalue weighted by molar-refractivity contribution is 9.11. The van der Waals surface area contributed by atoms with Gasteiger partial charge in [0.25, 0.3) is 0 Å². The summed E-state index contributed by atoms with van der Waals surface area (Å²) in [5.41, 5.74) is 0.993. The Hall–Kier alpha value is 0.0900. The lowest BCUT2D eigenvalue weighted by molar-refractivity contribution is 0.417. The van der Waals surface area contributed by atoms with Gasteiger partial charge >= 0.3 is 0 Å². The number of aryl methyl sites for hydroxylation is 1. The summed E-state index contributed by atoms with van der Waals surface area (Å²) < 4.78 is 27.6. The molecule has 0 radical (unpaired) electrons. The third kappa shape index (κ3) is 3.56. The predicted molar refractivity (Wildman–Crippen MR) is 81.2 cm³/mol. The van der Waals surface area contributed by atoms with Crippen LogP contribution in [-0.4, -0.2) is 26.3 Å². The van der Waals surface area contributed by atoms with E-state index in [-0.39, 0.29) is 5.92 Å². The zero-order valence-corrected chi connectivity index (χ0v) is 14.9. The first-order valence-electron chi connectivity index (χ1n) is 5.58. The van der Waals surface area contributed by atoms with Crippen LogP contribution in [0, 0.1) is 12.8 Å². The van der Waals surface area contributed by atoms with Crippen molar-refractivity contribution in [2.24, 2.45) is 5.92 Å². The highest BCUT2D eigenvalue weighted by Gasteiger charge is 2.24. The van der Waals surface area contributed by atoms with Crippen LogP contribution in [-0.2, 0) is 10.0 Å². The van der Waals surface area contributed by atoms with Gasteiger partial charge in [-0.1, -0.05) is 29.8 Å². The van der Waals surface area contributed by atoms with E-state index in [4.69, 9.17) is 0 Å². The maximum absolute atomic E-state index is 12.4. The van der Waals surface area contributed by atoms with Crippen LogP contribution in [0.5, 0.6) is 0 Å². The van der Waals surface area contributed by atoms with Crippen LogP contribution < -0.4 is 0 Å². The molecule has 0 fully saturated rings. The van der Waals surface area contributed by atoms with E-state index >= 15 is 0 Å². The molecule has 18 heavy (non-hydrogen) atoms. The van der Waals surface area contributed by atoms with Crippen LogP contribution in [0.1, 0.15) is 19.4 Å². The largest absolute Gasteiger partial charge is 0.243 e. The Morgan fingerprint density at radius 1 is 1.22 bits per heavy atom. The number of rotatable bonds is 4. The molecule has 0 unspecified atom stereocenters. The van der Waals surface area contributed by atoms with Gasteiger partial charge in [-0.3, -0.25) is 0 Å². The summed E-state index contributed by atoms with van der Waals surface area (Å²) in [6.07, 6.45) is 0. The fourth-order valence-corrected chi connectivity index (χ4v) is 4.57. The van der Waals surface area contributed by atoms with Crippen LogP contribution in [0.3, 0.4) is 0 Å². The van der Waals surface area contributed by atoms with E-state index in [1.165, 1.54) is 4.31 Å². The molecule has 0 atom stereocenters. The van der Waals surface area contributed by atoms with Gasteiger partial charge in [-0.05, 0) is 46.5 Å². The molecule has 0 aromatic heterocycles. The first kappa shape index (κ1) is 16.1. The lowest BCUT2D eigenvalue weighted by atomic mass is 10.2. The predicted octanol–water partition coefficient (Wildman–Crippen LogP) is 3.80. The van der Waals surface area contributed by atoms with E-state index < -0.39 is 10.0 Å². The van der Waals surface area contributed by atoms with Crippen molar-refractivity contribution in [2.45, 2.75) is 25.7 Å². The van der Waals surface area contributed by atoms with Gasteiger partial charge in [0.2, 0.25) is 10.0 Å². The summed E-state index contributed by atoms with van der Waals surface area (Å²) in [5.74, 6) is 0.289. The highest BCUT2D eigenvalue weighted by Crippen LogP contribution is 2.30. The van der Waals surface area contributed by atoms with Crippen molar-refractivity contribution in [3.8, 4) is 0 Å². The third-order valence-corrected chi connectivity index (χ3v) is 6.16. The van der Waals surface area contributed by atoms with Gasteiger partial charge in [0, 0.05) is 22.5 Å². The second kappa shape index (κ2) is 6.03. The Kier molecular flexibility index (Phi) is 5.41. The summed E-state index contributed by atoms with van der Waals surface area (Å²) in [6, 6.07) is 3.45. The van der Waals surface area contributed by atoms with Gasteiger partial charge < -0.3 is 0 Å². The van der Waals surface area contributed by atoms with Crippen LogP contribution in [0.15, 0.2) is 26.0 Å². The van der Waals surface area contributed by atoms with Crippen LogP contribution in [0.4, 0.5) is 0 Å². The van der Waals surface area contributed by atoms with E-state index in [2.05, 4.69) is 31.9 Å². The molecule has 0 aliphatic rings. The van der Waals surface area contributed by atoms with Gasteiger partial charge in [-0.2, -0.15) is 0 Å². The van der Waals surface area contributed by atoms with Crippen LogP contribution in [0.25, 0.3) is 0 Å². The first-order valence-corrected chi connectivity index (χ1v) is 8.61. The zero-order chi connectivity index (χ0) is 14.1. The number of benzene rings is 1. The molecule has 1 aromatic rings. The van der Waals surface area contributed by atoms with E-state index in [0.717, 1.165) is 10.0 Å². The third-order valence-electron chi connectivity index (χ3n) is 2.52. The van der Waals surface area contributed by atoms with Gasteiger partial charge in [0.1, 0.15) is 0 Å². The van der Waals surface area contributed by atoms with Crippen molar-refractivity contribution >= 4 is 41.9 Å². The van der Waals surface area contributed by atoms with Crippen LogP contribution >= 0.6 is 31.9 Å². The molecule has 0 aliphatic carbocycles. The SMILES string of the molecule is Cc1cc(Br)c(S(=O)(=O)N(C)CC(C)C)cc1Br. The molecule has 0 heterocycles. The molecule has 1 rings (SSSR count). The maximum Gasteiger partial charge on any atom is 0.243 e. The lowest BCUT2D eigenvalue weighted by Crippen LogP contribution is -2.30. The summed E-state index contributed by atoms with van der Waals surface area (Å²) in [4.78, 5) is 0.295. The quantitative estimate of drug-likeness (QED) is 0.773. The fourth-order valence-electron chi connectivity index (χ4n) is 1.61. The molecule has 1 aromatic carbocycles. The molecular weight excluding hydrogens is 382 g/mol. The minimum absolute atomic E-state index is 0.289. The minimum atomic E-state index is -3.45. The fraction of sp³-hybridized carbons (Fsp3) is 0.500.